The van der Waals surface area contributed by atoms with Gasteiger partial charge in [-0.1, -0.05) is 30.3 Å². The molecule has 0 saturated heterocycles. The van der Waals surface area contributed by atoms with Crippen molar-refractivity contribution >= 4 is 23.2 Å². The lowest BCUT2D eigenvalue weighted by atomic mass is 10.1. The molecule has 4 aromatic rings. The predicted octanol–water partition coefficient (Wildman–Crippen LogP) is 4.95. The number of alkyl halides is 3. The van der Waals surface area contributed by atoms with Crippen molar-refractivity contribution in [1.29, 1.82) is 0 Å². The lowest BCUT2D eigenvalue weighted by Crippen LogP contribution is -2.14. The maximum absolute atomic E-state index is 12.8. The molecule has 0 aliphatic rings. The Hall–Kier alpha value is -4.34. The number of aromatic nitrogens is 4. The fraction of sp³-hybridized carbons (Fsp3) is 0.0455. The van der Waals surface area contributed by atoms with Gasteiger partial charge in [-0.2, -0.15) is 13.2 Å². The van der Waals surface area contributed by atoms with E-state index in [9.17, 15) is 18.0 Å². The molecule has 0 bridgehead atoms. The molecule has 3 aromatic heterocycles. The molecule has 10 heteroatoms. The number of benzene rings is 1. The predicted molar refractivity (Wildman–Crippen MR) is 112 cm³/mol. The fourth-order valence-electron chi connectivity index (χ4n) is 2.85. The molecule has 32 heavy (non-hydrogen) atoms. The Balaban J connectivity index is 1.51. The first-order chi connectivity index (χ1) is 15.4. The number of amides is 1. The summed E-state index contributed by atoms with van der Waals surface area (Å²) in [6.07, 6.45) is 0.547. The molecule has 0 aliphatic carbocycles. The highest BCUT2D eigenvalue weighted by Gasteiger charge is 2.30. The highest BCUT2D eigenvalue weighted by Crippen LogP contribution is 2.29. The summed E-state index contributed by atoms with van der Waals surface area (Å²) in [5, 5.41) is 5.57. The smallest absolute Gasteiger partial charge is 0.325 e. The number of carbonyl (C=O) groups is 1. The van der Waals surface area contributed by atoms with Crippen LogP contribution in [0.25, 0.3) is 11.3 Å². The number of pyridine rings is 2. The summed E-state index contributed by atoms with van der Waals surface area (Å²) in [6, 6.07) is 14.4. The molecule has 0 aliphatic heterocycles. The lowest BCUT2D eigenvalue weighted by Gasteiger charge is -2.11. The van der Waals surface area contributed by atoms with E-state index in [0.29, 0.717) is 11.4 Å². The Morgan fingerprint density at radius 3 is 2.41 bits per heavy atom. The van der Waals surface area contributed by atoms with Crippen LogP contribution in [0, 0.1) is 0 Å². The van der Waals surface area contributed by atoms with Gasteiger partial charge in [-0.15, -0.1) is 0 Å². The standard InChI is InChI=1S/C22H15F3N6O/c23-22(24,25)16-6-7-18(28-11-16)31-19-10-15(8-9-27-19)21(32)30-17-12-26-13-29-20(17)14-4-2-1-3-5-14/h1-13H,(H,30,32)(H,27,28,31). The lowest BCUT2D eigenvalue weighted by molar-refractivity contribution is -0.137. The first-order valence-electron chi connectivity index (χ1n) is 9.33. The van der Waals surface area contributed by atoms with Crippen molar-refractivity contribution in [3.8, 4) is 11.3 Å². The van der Waals surface area contributed by atoms with Crippen LogP contribution in [0.5, 0.6) is 0 Å². The minimum Gasteiger partial charge on any atom is -0.325 e. The number of carbonyl (C=O) groups excluding carboxylic acids is 1. The topological polar surface area (TPSA) is 92.7 Å². The Morgan fingerprint density at radius 2 is 1.69 bits per heavy atom. The molecule has 2 N–H and O–H groups in total. The molecule has 3 heterocycles. The number of rotatable bonds is 5. The highest BCUT2D eigenvalue weighted by molar-refractivity contribution is 6.06. The van der Waals surface area contributed by atoms with E-state index in [0.717, 1.165) is 17.8 Å². The minimum absolute atomic E-state index is 0.158. The zero-order chi connectivity index (χ0) is 22.6. The van der Waals surface area contributed by atoms with Crippen molar-refractivity contribution in [2.45, 2.75) is 6.18 Å². The third-order valence-electron chi connectivity index (χ3n) is 4.38. The summed E-state index contributed by atoms with van der Waals surface area (Å²) in [4.78, 5) is 28.8. The van der Waals surface area contributed by atoms with Gasteiger partial charge < -0.3 is 10.6 Å². The molecular weight excluding hydrogens is 421 g/mol. The number of nitrogens with one attached hydrogen (secondary N) is 2. The Morgan fingerprint density at radius 1 is 0.875 bits per heavy atom. The largest absolute Gasteiger partial charge is 0.417 e. The minimum atomic E-state index is -4.47. The van der Waals surface area contributed by atoms with Gasteiger partial charge in [0.05, 0.1) is 23.1 Å². The molecule has 1 amide bonds. The van der Waals surface area contributed by atoms with Gasteiger partial charge in [-0.05, 0) is 24.3 Å². The van der Waals surface area contributed by atoms with E-state index >= 15 is 0 Å². The van der Waals surface area contributed by atoms with Crippen LogP contribution in [0.1, 0.15) is 15.9 Å². The van der Waals surface area contributed by atoms with E-state index in [1.54, 1.807) is 0 Å². The normalized spacial score (nSPS) is 11.1. The van der Waals surface area contributed by atoms with Gasteiger partial charge in [0.15, 0.2) is 0 Å². The van der Waals surface area contributed by atoms with Crippen molar-refractivity contribution in [3.05, 3.63) is 90.6 Å². The average molecular weight is 436 g/mol. The third-order valence-corrected chi connectivity index (χ3v) is 4.38. The molecule has 7 nitrogen and oxygen atoms in total. The Bertz CT molecular complexity index is 1230. The second-order valence-corrected chi connectivity index (χ2v) is 6.59. The van der Waals surface area contributed by atoms with Gasteiger partial charge in [-0.25, -0.2) is 19.9 Å². The van der Waals surface area contributed by atoms with E-state index in [-0.39, 0.29) is 17.2 Å². The molecular formula is C22H15F3N6O. The van der Waals surface area contributed by atoms with Crippen LogP contribution in [-0.2, 0) is 6.18 Å². The van der Waals surface area contributed by atoms with Crippen LogP contribution >= 0.6 is 0 Å². The highest BCUT2D eigenvalue weighted by atomic mass is 19.4. The quantitative estimate of drug-likeness (QED) is 0.460. The summed E-state index contributed by atoms with van der Waals surface area (Å²) in [6.45, 7) is 0. The molecule has 0 saturated carbocycles. The fourth-order valence-corrected chi connectivity index (χ4v) is 2.85. The molecule has 0 unspecified atom stereocenters. The van der Waals surface area contributed by atoms with Crippen LogP contribution in [0.3, 0.4) is 0 Å². The van der Waals surface area contributed by atoms with Gasteiger partial charge >= 0.3 is 6.18 Å². The second kappa shape index (κ2) is 8.80. The van der Waals surface area contributed by atoms with E-state index in [1.165, 1.54) is 36.9 Å². The van der Waals surface area contributed by atoms with Crippen molar-refractivity contribution in [1.82, 2.24) is 19.9 Å². The van der Waals surface area contributed by atoms with Crippen molar-refractivity contribution in [3.63, 3.8) is 0 Å². The zero-order valence-electron chi connectivity index (χ0n) is 16.3. The van der Waals surface area contributed by atoms with E-state index in [1.807, 2.05) is 30.3 Å². The molecule has 1 aromatic carbocycles. The zero-order valence-corrected chi connectivity index (χ0v) is 16.3. The van der Waals surface area contributed by atoms with Gasteiger partial charge in [0.1, 0.15) is 18.0 Å². The third kappa shape index (κ3) is 4.86. The summed E-state index contributed by atoms with van der Waals surface area (Å²) in [7, 11) is 0. The van der Waals surface area contributed by atoms with Crippen molar-refractivity contribution in [2.24, 2.45) is 0 Å². The summed E-state index contributed by atoms with van der Waals surface area (Å²) >= 11 is 0. The average Bonchev–Trinajstić information content (AvgIpc) is 2.80. The van der Waals surface area contributed by atoms with E-state index in [2.05, 4.69) is 30.6 Å². The number of halogens is 3. The van der Waals surface area contributed by atoms with Crippen molar-refractivity contribution < 1.29 is 18.0 Å². The van der Waals surface area contributed by atoms with Crippen LogP contribution < -0.4 is 10.6 Å². The number of hydrogen-bond donors (Lipinski definition) is 2. The Labute approximate surface area is 180 Å². The van der Waals surface area contributed by atoms with Gasteiger partial charge in [-0.3, -0.25) is 4.79 Å². The maximum atomic E-state index is 12.8. The van der Waals surface area contributed by atoms with E-state index in [4.69, 9.17) is 0 Å². The maximum Gasteiger partial charge on any atom is 0.417 e. The van der Waals surface area contributed by atoms with Crippen LogP contribution in [-0.4, -0.2) is 25.8 Å². The first-order valence-corrected chi connectivity index (χ1v) is 9.33. The summed E-state index contributed by atoms with van der Waals surface area (Å²) in [5.74, 6) is -0.0220. The van der Waals surface area contributed by atoms with E-state index < -0.39 is 17.6 Å². The van der Waals surface area contributed by atoms with Crippen LogP contribution in [0.4, 0.5) is 30.5 Å². The number of anilines is 3. The van der Waals surface area contributed by atoms with Gasteiger partial charge in [0, 0.05) is 23.5 Å². The number of hydrogen-bond acceptors (Lipinski definition) is 6. The molecule has 0 atom stereocenters. The molecule has 0 radical (unpaired) electrons. The summed E-state index contributed by atoms with van der Waals surface area (Å²) in [5.41, 5.74) is 1.23. The molecule has 4 rings (SSSR count). The summed E-state index contributed by atoms with van der Waals surface area (Å²) < 4.78 is 38.0. The first kappa shape index (κ1) is 20.9. The van der Waals surface area contributed by atoms with Crippen molar-refractivity contribution in [2.75, 3.05) is 10.6 Å². The Kier molecular flexibility index (Phi) is 5.75. The number of nitrogens with zero attached hydrogens (tertiary/aromatic N) is 4. The second-order valence-electron chi connectivity index (χ2n) is 6.59. The molecule has 0 spiro atoms. The molecule has 0 fully saturated rings. The molecule has 160 valence electrons. The van der Waals surface area contributed by atoms with Crippen LogP contribution in [0.2, 0.25) is 0 Å². The van der Waals surface area contributed by atoms with Crippen LogP contribution in [0.15, 0.2) is 79.5 Å². The monoisotopic (exact) mass is 436 g/mol. The van der Waals surface area contributed by atoms with Gasteiger partial charge in [0.2, 0.25) is 0 Å². The van der Waals surface area contributed by atoms with Gasteiger partial charge in [0.25, 0.3) is 5.91 Å². The SMILES string of the molecule is O=C(Nc1cncnc1-c1ccccc1)c1ccnc(Nc2ccc(C(F)(F)F)cn2)c1.